The largest absolute Gasteiger partial charge is 0.493 e. The maximum absolute atomic E-state index is 13.7. The number of piperazine rings is 1. The normalized spacial score (nSPS) is 19.9. The summed E-state index contributed by atoms with van der Waals surface area (Å²) in [6.07, 6.45) is 2.94. The Balaban J connectivity index is 1.15. The highest BCUT2D eigenvalue weighted by atomic mass is 32.2. The third-order valence-electron chi connectivity index (χ3n) is 7.65. The minimum atomic E-state index is -3.57. The van der Waals surface area contributed by atoms with Crippen LogP contribution in [0.2, 0.25) is 0 Å². The topological polar surface area (TPSA) is 108 Å². The van der Waals surface area contributed by atoms with Gasteiger partial charge in [-0.1, -0.05) is 19.1 Å². The summed E-state index contributed by atoms with van der Waals surface area (Å²) in [5, 5.41) is 6.28. The number of carbonyl (C=O) groups is 2. The third-order valence-corrected chi connectivity index (χ3v) is 9.51. The molecule has 2 saturated heterocycles. The fourth-order valence-electron chi connectivity index (χ4n) is 5.31. The molecule has 224 valence electrons. The van der Waals surface area contributed by atoms with Gasteiger partial charge in [-0.15, -0.1) is 0 Å². The Morgan fingerprint density at radius 2 is 2.00 bits per heavy atom. The van der Waals surface area contributed by atoms with Gasteiger partial charge in [0.05, 0.1) is 17.4 Å². The van der Waals surface area contributed by atoms with Crippen molar-refractivity contribution in [3.63, 3.8) is 0 Å². The van der Waals surface area contributed by atoms with Crippen LogP contribution in [-0.2, 0) is 26.0 Å². The minimum Gasteiger partial charge on any atom is -0.493 e. The number of carbonyl (C=O) groups excluding carboxylic acids is 2. The van der Waals surface area contributed by atoms with Crippen molar-refractivity contribution in [3.8, 4) is 5.75 Å². The number of halogens is 1. The second kappa shape index (κ2) is 14.2. The summed E-state index contributed by atoms with van der Waals surface area (Å²) >= 11 is 0. The van der Waals surface area contributed by atoms with Crippen LogP contribution in [0.5, 0.6) is 5.75 Å². The first kappa shape index (κ1) is 30.9. The molecule has 4 rings (SSSR count). The summed E-state index contributed by atoms with van der Waals surface area (Å²) in [7, 11) is -3.57. The molecule has 0 bridgehead atoms. The Labute approximate surface area is 242 Å². The molecular weight excluding hydrogens is 547 g/mol. The minimum absolute atomic E-state index is 0.0327. The number of ether oxygens (including phenoxy) is 1. The number of hydrogen-bond donors (Lipinski definition) is 2. The van der Waals surface area contributed by atoms with Crippen molar-refractivity contribution in [1.82, 2.24) is 19.8 Å². The summed E-state index contributed by atoms with van der Waals surface area (Å²) in [6, 6.07) is 11.6. The predicted octanol–water partition coefficient (Wildman–Crippen LogP) is 2.87. The first-order valence-electron chi connectivity index (χ1n) is 14.4. The Morgan fingerprint density at radius 1 is 1.17 bits per heavy atom. The molecule has 2 N–H and O–H groups in total. The SMILES string of the molecule is CCc1cc(F)cc(OCCCCN2CC(C(=O)NCC[C@H]3CN(S(=O)(=O)c4cccc(C)c4)CCN3)CC2=O)c1. The Hall–Kier alpha value is -3.02. The molecule has 9 nitrogen and oxygen atoms in total. The summed E-state index contributed by atoms with van der Waals surface area (Å²) in [6.45, 7) is 6.87. The average molecular weight is 589 g/mol. The number of hydrogen-bond acceptors (Lipinski definition) is 6. The molecule has 1 unspecified atom stereocenters. The summed E-state index contributed by atoms with van der Waals surface area (Å²) < 4.78 is 47.0. The lowest BCUT2D eigenvalue weighted by Gasteiger charge is -2.33. The molecule has 2 atom stereocenters. The van der Waals surface area contributed by atoms with E-state index in [2.05, 4.69) is 10.6 Å². The lowest BCUT2D eigenvalue weighted by molar-refractivity contribution is -0.129. The molecule has 0 radical (unpaired) electrons. The second-order valence-corrected chi connectivity index (χ2v) is 12.8. The van der Waals surface area contributed by atoms with Crippen LogP contribution in [0.3, 0.4) is 0 Å². The lowest BCUT2D eigenvalue weighted by Crippen LogP contribution is -2.53. The van der Waals surface area contributed by atoms with Gasteiger partial charge in [0.2, 0.25) is 21.8 Å². The standard InChI is InChI=1S/C30H41FN4O5S/c1-3-23-16-25(31)19-27(17-23)40-14-5-4-12-34-20-24(18-29(34)36)30(37)33-10-9-26-21-35(13-11-32-26)41(38,39)28-8-6-7-22(2)15-28/h6-8,15-17,19,24,26,32H,3-5,9-14,18,20-21H2,1-2H3,(H,33,37)/t24?,26-/m0/s1. The Bertz CT molecular complexity index is 1320. The van der Waals surface area contributed by atoms with Gasteiger partial charge in [-0.2, -0.15) is 4.31 Å². The predicted molar refractivity (Wildman–Crippen MR) is 155 cm³/mol. The number of nitrogens with zero attached hydrogens (tertiary/aromatic N) is 2. The van der Waals surface area contributed by atoms with Gasteiger partial charge in [-0.3, -0.25) is 9.59 Å². The second-order valence-electron chi connectivity index (χ2n) is 10.9. The van der Waals surface area contributed by atoms with Crippen LogP contribution in [0, 0.1) is 18.7 Å². The highest BCUT2D eigenvalue weighted by Crippen LogP contribution is 2.21. The molecule has 2 fully saturated rings. The molecule has 0 spiro atoms. The van der Waals surface area contributed by atoms with E-state index in [1.165, 1.54) is 16.4 Å². The summed E-state index contributed by atoms with van der Waals surface area (Å²) in [4.78, 5) is 27.3. The molecule has 2 aromatic rings. The van der Waals surface area contributed by atoms with E-state index in [9.17, 15) is 22.4 Å². The molecule has 0 aromatic heterocycles. The molecule has 2 aliphatic heterocycles. The van der Waals surface area contributed by atoms with Crippen LogP contribution in [0.25, 0.3) is 0 Å². The van der Waals surface area contributed by atoms with E-state index < -0.39 is 15.9 Å². The van der Waals surface area contributed by atoms with Crippen molar-refractivity contribution in [1.29, 1.82) is 0 Å². The van der Waals surface area contributed by atoms with Crippen molar-refractivity contribution in [3.05, 3.63) is 59.4 Å². The molecule has 2 amide bonds. The van der Waals surface area contributed by atoms with Gasteiger partial charge in [-0.25, -0.2) is 12.8 Å². The van der Waals surface area contributed by atoms with Gasteiger partial charge >= 0.3 is 0 Å². The lowest BCUT2D eigenvalue weighted by atomic mass is 10.1. The van der Waals surface area contributed by atoms with Gasteiger partial charge in [0.1, 0.15) is 11.6 Å². The van der Waals surface area contributed by atoms with Crippen LogP contribution in [0.15, 0.2) is 47.4 Å². The molecule has 2 aromatic carbocycles. The Morgan fingerprint density at radius 3 is 2.78 bits per heavy atom. The number of amides is 2. The highest BCUT2D eigenvalue weighted by molar-refractivity contribution is 7.89. The van der Waals surface area contributed by atoms with Gasteiger partial charge in [-0.05, 0) is 68.0 Å². The fourth-order valence-corrected chi connectivity index (χ4v) is 6.90. The van der Waals surface area contributed by atoms with Crippen molar-refractivity contribution in [2.24, 2.45) is 5.92 Å². The van der Waals surface area contributed by atoms with Crippen molar-refractivity contribution >= 4 is 21.8 Å². The van der Waals surface area contributed by atoms with Crippen LogP contribution >= 0.6 is 0 Å². The fraction of sp³-hybridized carbons (Fsp3) is 0.533. The number of nitrogens with one attached hydrogen (secondary N) is 2. The molecule has 0 saturated carbocycles. The van der Waals surface area contributed by atoms with E-state index in [1.54, 1.807) is 23.1 Å². The van der Waals surface area contributed by atoms with Gasteiger partial charge in [0, 0.05) is 57.8 Å². The quantitative estimate of drug-likeness (QED) is 0.349. The van der Waals surface area contributed by atoms with Crippen molar-refractivity contribution in [2.45, 2.75) is 56.9 Å². The molecule has 41 heavy (non-hydrogen) atoms. The number of likely N-dealkylation sites (tertiary alicyclic amines) is 1. The first-order chi connectivity index (χ1) is 19.7. The van der Waals surface area contributed by atoms with E-state index >= 15 is 0 Å². The first-order valence-corrected chi connectivity index (χ1v) is 15.9. The number of unbranched alkanes of at least 4 members (excludes halogenated alkanes) is 1. The molecule has 2 heterocycles. The van der Waals surface area contributed by atoms with Gasteiger partial charge < -0.3 is 20.3 Å². The van der Waals surface area contributed by atoms with Crippen LogP contribution in [0.4, 0.5) is 4.39 Å². The number of sulfonamides is 1. The third kappa shape index (κ3) is 8.50. The van der Waals surface area contributed by atoms with Gasteiger partial charge in [0.15, 0.2) is 0 Å². The number of aryl methyl sites for hydroxylation is 2. The van der Waals surface area contributed by atoms with E-state index in [-0.39, 0.29) is 30.1 Å². The average Bonchev–Trinajstić information content (AvgIpc) is 3.33. The summed E-state index contributed by atoms with van der Waals surface area (Å²) in [5.41, 5.74) is 1.78. The summed E-state index contributed by atoms with van der Waals surface area (Å²) in [5.74, 6) is -0.373. The molecule has 11 heteroatoms. The van der Waals surface area contributed by atoms with Crippen LogP contribution in [0.1, 0.15) is 43.7 Å². The molecular formula is C30H41FN4O5S. The zero-order chi connectivity index (χ0) is 29.4. The number of benzene rings is 2. The smallest absolute Gasteiger partial charge is 0.243 e. The molecule has 0 aliphatic carbocycles. The van der Waals surface area contributed by atoms with E-state index in [1.807, 2.05) is 26.0 Å². The maximum Gasteiger partial charge on any atom is 0.243 e. The molecule has 2 aliphatic rings. The van der Waals surface area contributed by atoms with E-state index in [0.717, 1.165) is 24.0 Å². The van der Waals surface area contributed by atoms with Gasteiger partial charge in [0.25, 0.3) is 0 Å². The zero-order valence-corrected chi connectivity index (χ0v) is 24.7. The number of rotatable bonds is 13. The Kier molecular flexibility index (Phi) is 10.7. The zero-order valence-electron chi connectivity index (χ0n) is 23.9. The van der Waals surface area contributed by atoms with E-state index in [4.69, 9.17) is 4.74 Å². The van der Waals surface area contributed by atoms with Crippen molar-refractivity contribution in [2.75, 3.05) is 45.9 Å². The monoisotopic (exact) mass is 588 g/mol. The van der Waals surface area contributed by atoms with E-state index in [0.29, 0.717) is 69.4 Å². The van der Waals surface area contributed by atoms with Crippen molar-refractivity contribution < 1.29 is 27.1 Å². The van der Waals surface area contributed by atoms with Crippen LogP contribution in [-0.4, -0.2) is 81.4 Å². The maximum atomic E-state index is 13.7. The van der Waals surface area contributed by atoms with Crippen LogP contribution < -0.4 is 15.4 Å². The highest BCUT2D eigenvalue weighted by Gasteiger charge is 2.34.